The van der Waals surface area contributed by atoms with Crippen LogP contribution in [0.2, 0.25) is 0 Å². The lowest BCUT2D eigenvalue weighted by atomic mass is 10.1. The molecule has 2 aromatic carbocycles. The molecule has 4 aromatic rings. The number of hydrogen-bond donors (Lipinski definition) is 2. The van der Waals surface area contributed by atoms with Crippen LogP contribution in [0.1, 0.15) is 24.0 Å². The minimum absolute atomic E-state index is 0.00126. The number of rotatable bonds is 6. The maximum atomic E-state index is 12.3. The Morgan fingerprint density at radius 2 is 2.11 bits per heavy atom. The standard InChI is InChI=1S/C20H20N6O/c1-14-9-10-16(11-19(14)26-13-22-24-25-26)23-20(27)8-4-5-15-12-21-18-7-3-2-6-17(15)18/h2-3,6-7,9-13,21H,4-5,8H2,1H3,(H,23,27). The van der Waals surface area contributed by atoms with E-state index in [0.717, 1.165) is 35.3 Å². The van der Waals surface area contributed by atoms with Gasteiger partial charge < -0.3 is 10.3 Å². The van der Waals surface area contributed by atoms with Gasteiger partial charge >= 0.3 is 0 Å². The molecule has 0 unspecified atom stereocenters. The lowest BCUT2D eigenvalue weighted by Crippen LogP contribution is -2.12. The zero-order valence-electron chi connectivity index (χ0n) is 15.0. The lowest BCUT2D eigenvalue weighted by molar-refractivity contribution is -0.116. The molecule has 1 amide bonds. The van der Waals surface area contributed by atoms with Gasteiger partial charge in [-0.2, -0.15) is 0 Å². The zero-order valence-corrected chi connectivity index (χ0v) is 15.0. The Morgan fingerprint density at radius 1 is 1.22 bits per heavy atom. The fourth-order valence-electron chi connectivity index (χ4n) is 3.21. The number of anilines is 1. The summed E-state index contributed by atoms with van der Waals surface area (Å²) in [5.74, 6) is 0.00126. The quantitative estimate of drug-likeness (QED) is 0.551. The Morgan fingerprint density at radius 3 is 2.96 bits per heavy atom. The van der Waals surface area contributed by atoms with Crippen LogP contribution < -0.4 is 5.32 Å². The van der Waals surface area contributed by atoms with Gasteiger partial charge in [-0.3, -0.25) is 4.79 Å². The Balaban J connectivity index is 1.36. The maximum absolute atomic E-state index is 12.3. The highest BCUT2D eigenvalue weighted by Crippen LogP contribution is 2.21. The number of nitrogens with zero attached hydrogens (tertiary/aromatic N) is 4. The van der Waals surface area contributed by atoms with Gasteiger partial charge in [0.25, 0.3) is 0 Å². The number of benzene rings is 2. The van der Waals surface area contributed by atoms with Crippen LogP contribution in [0.25, 0.3) is 16.6 Å². The molecule has 136 valence electrons. The highest BCUT2D eigenvalue weighted by Gasteiger charge is 2.08. The number of H-pyrrole nitrogens is 1. The van der Waals surface area contributed by atoms with Gasteiger partial charge in [0.1, 0.15) is 6.33 Å². The van der Waals surface area contributed by atoms with E-state index in [-0.39, 0.29) is 5.91 Å². The van der Waals surface area contributed by atoms with Gasteiger partial charge in [0.2, 0.25) is 5.91 Å². The molecule has 0 aliphatic carbocycles. The van der Waals surface area contributed by atoms with Crippen molar-refractivity contribution in [1.82, 2.24) is 25.2 Å². The van der Waals surface area contributed by atoms with Crippen LogP contribution in [0.15, 0.2) is 55.0 Å². The first-order valence-corrected chi connectivity index (χ1v) is 8.89. The molecule has 7 heteroatoms. The van der Waals surface area contributed by atoms with Crippen molar-refractivity contribution in [2.75, 3.05) is 5.32 Å². The summed E-state index contributed by atoms with van der Waals surface area (Å²) in [7, 11) is 0. The van der Waals surface area contributed by atoms with Gasteiger partial charge in [-0.25, -0.2) is 4.68 Å². The lowest BCUT2D eigenvalue weighted by Gasteiger charge is -2.09. The van der Waals surface area contributed by atoms with Crippen molar-refractivity contribution in [2.24, 2.45) is 0 Å². The molecule has 0 aliphatic rings. The van der Waals surface area contributed by atoms with E-state index >= 15 is 0 Å². The molecule has 27 heavy (non-hydrogen) atoms. The molecule has 2 heterocycles. The number of tetrazole rings is 1. The number of aromatic amines is 1. The van der Waals surface area contributed by atoms with Gasteiger partial charge in [-0.05, 0) is 59.5 Å². The summed E-state index contributed by atoms with van der Waals surface area (Å²) in [6.45, 7) is 1.98. The van der Waals surface area contributed by atoms with E-state index in [4.69, 9.17) is 0 Å². The van der Waals surface area contributed by atoms with Crippen molar-refractivity contribution in [2.45, 2.75) is 26.2 Å². The van der Waals surface area contributed by atoms with Gasteiger partial charge in [-0.1, -0.05) is 24.3 Å². The third-order valence-corrected chi connectivity index (χ3v) is 4.61. The Bertz CT molecular complexity index is 1070. The molecule has 0 radical (unpaired) electrons. The van der Waals surface area contributed by atoms with Gasteiger partial charge in [-0.15, -0.1) is 5.10 Å². The van der Waals surface area contributed by atoms with Crippen LogP contribution in [-0.2, 0) is 11.2 Å². The summed E-state index contributed by atoms with van der Waals surface area (Å²) in [4.78, 5) is 15.6. The molecule has 0 spiro atoms. The van der Waals surface area contributed by atoms with Crippen LogP contribution in [0.4, 0.5) is 5.69 Å². The number of hydrogen-bond acceptors (Lipinski definition) is 4. The first-order chi connectivity index (χ1) is 13.2. The molecule has 0 aliphatic heterocycles. The van der Waals surface area contributed by atoms with E-state index in [1.807, 2.05) is 43.5 Å². The van der Waals surface area contributed by atoms with E-state index in [1.54, 1.807) is 4.68 Å². The van der Waals surface area contributed by atoms with E-state index in [9.17, 15) is 4.79 Å². The second-order valence-corrected chi connectivity index (χ2v) is 6.52. The smallest absolute Gasteiger partial charge is 0.224 e. The second kappa shape index (κ2) is 7.41. The number of fused-ring (bicyclic) bond motifs is 1. The van der Waals surface area contributed by atoms with Gasteiger partial charge in [0.05, 0.1) is 5.69 Å². The van der Waals surface area contributed by atoms with Crippen molar-refractivity contribution >= 4 is 22.5 Å². The molecule has 0 saturated carbocycles. The largest absolute Gasteiger partial charge is 0.361 e. The molecule has 4 rings (SSSR count). The fourth-order valence-corrected chi connectivity index (χ4v) is 3.21. The average Bonchev–Trinajstić information content (AvgIpc) is 3.34. The van der Waals surface area contributed by atoms with Gasteiger partial charge in [0, 0.05) is 29.2 Å². The molecular formula is C20H20N6O. The predicted octanol–water partition coefficient (Wildman–Crippen LogP) is 3.41. The number of aromatic nitrogens is 5. The van der Waals surface area contributed by atoms with Crippen molar-refractivity contribution < 1.29 is 4.79 Å². The third kappa shape index (κ3) is 3.72. The SMILES string of the molecule is Cc1ccc(NC(=O)CCCc2c[nH]c3ccccc23)cc1-n1cnnn1. The third-order valence-electron chi connectivity index (χ3n) is 4.61. The van der Waals surface area contributed by atoms with E-state index in [2.05, 4.69) is 38.0 Å². The molecular weight excluding hydrogens is 340 g/mol. The molecule has 0 fully saturated rings. The van der Waals surface area contributed by atoms with Crippen LogP contribution in [-0.4, -0.2) is 31.1 Å². The first kappa shape index (κ1) is 17.0. The normalized spacial score (nSPS) is 11.0. The van der Waals surface area contributed by atoms with E-state index in [1.165, 1.54) is 17.3 Å². The Kier molecular flexibility index (Phi) is 4.65. The second-order valence-electron chi connectivity index (χ2n) is 6.52. The number of amides is 1. The summed E-state index contributed by atoms with van der Waals surface area (Å²) in [5.41, 5.74) is 4.99. The molecule has 7 nitrogen and oxygen atoms in total. The Labute approximate surface area is 156 Å². The van der Waals surface area contributed by atoms with Crippen molar-refractivity contribution in [3.63, 3.8) is 0 Å². The summed E-state index contributed by atoms with van der Waals surface area (Å²) >= 11 is 0. The predicted molar refractivity (Wildman–Crippen MR) is 104 cm³/mol. The molecule has 2 aromatic heterocycles. The number of carbonyl (C=O) groups is 1. The summed E-state index contributed by atoms with van der Waals surface area (Å²) in [6, 6.07) is 13.9. The van der Waals surface area contributed by atoms with Crippen LogP contribution in [0, 0.1) is 6.92 Å². The molecule has 0 atom stereocenters. The highest BCUT2D eigenvalue weighted by molar-refractivity contribution is 5.91. The van der Waals surface area contributed by atoms with Crippen molar-refractivity contribution in [3.8, 4) is 5.69 Å². The van der Waals surface area contributed by atoms with Crippen molar-refractivity contribution in [3.05, 3.63) is 66.1 Å². The first-order valence-electron chi connectivity index (χ1n) is 8.89. The minimum atomic E-state index is 0.00126. The fraction of sp³-hybridized carbons (Fsp3) is 0.200. The summed E-state index contributed by atoms with van der Waals surface area (Å²) < 4.78 is 1.59. The number of aryl methyl sites for hydroxylation is 2. The monoisotopic (exact) mass is 360 g/mol. The summed E-state index contributed by atoms with van der Waals surface area (Å²) in [5, 5.41) is 15.4. The number of para-hydroxylation sites is 1. The number of carbonyl (C=O) groups excluding carboxylic acids is 1. The van der Waals surface area contributed by atoms with Crippen LogP contribution in [0.5, 0.6) is 0 Å². The minimum Gasteiger partial charge on any atom is -0.361 e. The van der Waals surface area contributed by atoms with E-state index < -0.39 is 0 Å². The van der Waals surface area contributed by atoms with Gasteiger partial charge in [0.15, 0.2) is 0 Å². The zero-order chi connectivity index (χ0) is 18.6. The average molecular weight is 360 g/mol. The highest BCUT2D eigenvalue weighted by atomic mass is 16.1. The molecule has 0 saturated heterocycles. The van der Waals surface area contributed by atoms with Crippen molar-refractivity contribution in [1.29, 1.82) is 0 Å². The Hall–Kier alpha value is -3.48. The molecule has 0 bridgehead atoms. The maximum Gasteiger partial charge on any atom is 0.224 e. The molecule has 2 N–H and O–H groups in total. The number of nitrogens with one attached hydrogen (secondary N) is 2. The topological polar surface area (TPSA) is 88.5 Å². The van der Waals surface area contributed by atoms with Crippen LogP contribution >= 0.6 is 0 Å². The van der Waals surface area contributed by atoms with E-state index in [0.29, 0.717) is 6.42 Å². The summed E-state index contributed by atoms with van der Waals surface area (Å²) in [6.07, 6.45) is 5.68. The van der Waals surface area contributed by atoms with Crippen LogP contribution in [0.3, 0.4) is 0 Å².